The van der Waals surface area contributed by atoms with Crippen molar-refractivity contribution in [3.05, 3.63) is 59.9 Å². The van der Waals surface area contributed by atoms with Crippen LogP contribution in [0.15, 0.2) is 47.4 Å². The van der Waals surface area contributed by atoms with Gasteiger partial charge in [0.05, 0.1) is 0 Å². The third kappa shape index (κ3) is 6.18. The minimum Gasteiger partial charge on any atom is -0.348 e. The van der Waals surface area contributed by atoms with Gasteiger partial charge in [0.2, 0.25) is 5.82 Å². The van der Waals surface area contributed by atoms with Crippen molar-refractivity contribution in [3.8, 4) is 11.5 Å². The molecule has 0 radical (unpaired) electrons. The molecular weight excluding hydrogens is 406 g/mol. The number of carbonyl (C=O) groups is 1. The molecule has 1 aliphatic rings. The third-order valence-corrected chi connectivity index (χ3v) is 5.58. The van der Waals surface area contributed by atoms with E-state index in [1.54, 1.807) is 12.3 Å². The summed E-state index contributed by atoms with van der Waals surface area (Å²) in [6, 6.07) is 10.5. The summed E-state index contributed by atoms with van der Waals surface area (Å²) in [5, 5.41) is 6.67. The normalized spacial score (nSPS) is 15.4. The second-order valence-corrected chi connectivity index (χ2v) is 8.08. The summed E-state index contributed by atoms with van der Waals surface area (Å²) in [5.74, 6) is -0.143. The van der Waals surface area contributed by atoms with Crippen LogP contribution in [-0.4, -0.2) is 75.1 Å². The molecule has 9 heteroatoms. The van der Waals surface area contributed by atoms with Crippen molar-refractivity contribution in [3.63, 3.8) is 0 Å². The van der Waals surface area contributed by atoms with E-state index in [9.17, 15) is 4.79 Å². The quantitative estimate of drug-likeness (QED) is 0.538. The number of aryl methyl sites for hydroxylation is 1. The van der Waals surface area contributed by atoms with Crippen LogP contribution in [0.4, 0.5) is 0 Å². The van der Waals surface area contributed by atoms with E-state index < -0.39 is 0 Å². The molecule has 0 bridgehead atoms. The molecule has 3 aromatic rings. The maximum absolute atomic E-state index is 12.3. The molecule has 1 amide bonds. The molecule has 1 N–H and O–H groups in total. The zero-order valence-electron chi connectivity index (χ0n) is 18.4. The largest absolute Gasteiger partial charge is 0.348 e. The Morgan fingerprint density at radius 2 is 1.91 bits per heavy atom. The Morgan fingerprint density at radius 1 is 1.09 bits per heavy atom. The van der Waals surface area contributed by atoms with Gasteiger partial charge in [-0.05, 0) is 51.0 Å². The van der Waals surface area contributed by atoms with Gasteiger partial charge in [-0.3, -0.25) is 9.69 Å². The van der Waals surface area contributed by atoms with Crippen LogP contribution in [0, 0.1) is 6.92 Å². The fourth-order valence-corrected chi connectivity index (χ4v) is 3.78. The van der Waals surface area contributed by atoms with Crippen LogP contribution in [0.2, 0.25) is 0 Å². The zero-order chi connectivity index (χ0) is 22.2. The Balaban J connectivity index is 1.16. The Hall–Kier alpha value is -3.17. The molecule has 0 atom stereocenters. The number of rotatable bonds is 8. The molecule has 4 rings (SSSR count). The topological polar surface area (TPSA) is 100 Å². The molecule has 1 fully saturated rings. The highest BCUT2D eigenvalue weighted by Crippen LogP contribution is 2.12. The van der Waals surface area contributed by atoms with Crippen LogP contribution in [0.1, 0.15) is 34.7 Å². The Morgan fingerprint density at radius 3 is 2.72 bits per heavy atom. The highest BCUT2D eigenvalue weighted by Gasteiger charge is 2.17. The predicted molar refractivity (Wildman–Crippen MR) is 120 cm³/mol. The first kappa shape index (κ1) is 22.0. The molecule has 2 aromatic heterocycles. The highest BCUT2D eigenvalue weighted by molar-refractivity contribution is 5.89. The second-order valence-electron chi connectivity index (χ2n) is 8.08. The summed E-state index contributed by atoms with van der Waals surface area (Å²) in [6.07, 6.45) is 5.02. The molecule has 0 aliphatic carbocycles. The zero-order valence-corrected chi connectivity index (χ0v) is 18.4. The van der Waals surface area contributed by atoms with E-state index in [2.05, 4.69) is 66.4 Å². The van der Waals surface area contributed by atoms with Gasteiger partial charge in [0, 0.05) is 32.4 Å². The lowest BCUT2D eigenvalue weighted by Gasteiger charge is -2.22. The summed E-state index contributed by atoms with van der Waals surface area (Å²) in [6.45, 7) is 8.96. The smallest absolute Gasteiger partial charge is 0.316 e. The van der Waals surface area contributed by atoms with Gasteiger partial charge in [-0.2, -0.15) is 4.98 Å². The lowest BCUT2D eigenvalue weighted by Crippen LogP contribution is -2.33. The molecule has 0 spiro atoms. The number of hydrogen-bond donors (Lipinski definition) is 1. The molecule has 1 saturated heterocycles. The van der Waals surface area contributed by atoms with E-state index >= 15 is 0 Å². The van der Waals surface area contributed by atoms with Crippen LogP contribution < -0.4 is 5.32 Å². The summed E-state index contributed by atoms with van der Waals surface area (Å²) >= 11 is 0. The number of nitrogens with zero attached hydrogens (tertiary/aromatic N) is 6. The number of carbonyl (C=O) groups excluding carboxylic acids is 1. The van der Waals surface area contributed by atoms with Crippen LogP contribution in [0.3, 0.4) is 0 Å². The highest BCUT2D eigenvalue weighted by atomic mass is 16.5. The number of aromatic nitrogens is 4. The van der Waals surface area contributed by atoms with Crippen LogP contribution >= 0.6 is 0 Å². The molecule has 168 valence electrons. The van der Waals surface area contributed by atoms with Crippen molar-refractivity contribution < 1.29 is 9.32 Å². The average Bonchev–Trinajstić information content (AvgIpc) is 3.21. The molecule has 0 unspecified atom stereocenters. The molecule has 9 nitrogen and oxygen atoms in total. The van der Waals surface area contributed by atoms with Gasteiger partial charge >= 0.3 is 11.8 Å². The first-order chi connectivity index (χ1) is 15.7. The lowest BCUT2D eigenvalue weighted by atomic mass is 10.1. The van der Waals surface area contributed by atoms with E-state index in [4.69, 9.17) is 4.52 Å². The van der Waals surface area contributed by atoms with Gasteiger partial charge in [-0.25, -0.2) is 9.97 Å². The minimum atomic E-state index is -0.363. The average molecular weight is 436 g/mol. The molecule has 0 saturated carbocycles. The van der Waals surface area contributed by atoms with E-state index in [0.29, 0.717) is 12.2 Å². The van der Waals surface area contributed by atoms with Gasteiger partial charge in [0.15, 0.2) is 0 Å². The Labute approximate surface area is 187 Å². The number of amides is 1. The SMILES string of the molecule is Cc1ccc(CN2CCCN(CCCNC(=O)c3nc(-c4ccncn4)no3)CC2)cc1. The van der Waals surface area contributed by atoms with E-state index in [1.807, 2.05) is 0 Å². The Kier molecular flexibility index (Phi) is 7.52. The molecule has 32 heavy (non-hydrogen) atoms. The maximum Gasteiger partial charge on any atom is 0.316 e. The van der Waals surface area contributed by atoms with Crippen molar-refractivity contribution in [2.75, 3.05) is 39.3 Å². The first-order valence-electron chi connectivity index (χ1n) is 11.1. The van der Waals surface area contributed by atoms with Crippen molar-refractivity contribution in [1.82, 2.24) is 35.2 Å². The molecule has 3 heterocycles. The van der Waals surface area contributed by atoms with Crippen molar-refractivity contribution >= 4 is 5.91 Å². The number of benzene rings is 1. The minimum absolute atomic E-state index is 0.0554. The maximum atomic E-state index is 12.3. The number of hydrogen-bond acceptors (Lipinski definition) is 8. The van der Waals surface area contributed by atoms with Crippen LogP contribution in [0.5, 0.6) is 0 Å². The van der Waals surface area contributed by atoms with Crippen LogP contribution in [-0.2, 0) is 6.54 Å². The fraction of sp³-hybridized carbons (Fsp3) is 0.435. The van der Waals surface area contributed by atoms with Gasteiger partial charge in [0.25, 0.3) is 0 Å². The standard InChI is InChI=1S/C23H29N7O2/c1-18-4-6-19(7-5-18)16-30-13-3-12-29(14-15-30)11-2-9-25-22(31)23-27-21(28-32-23)20-8-10-24-17-26-20/h4-8,10,17H,2-3,9,11-16H2,1H3,(H,25,31). The summed E-state index contributed by atoms with van der Waals surface area (Å²) in [5.41, 5.74) is 3.18. The summed E-state index contributed by atoms with van der Waals surface area (Å²) < 4.78 is 5.06. The van der Waals surface area contributed by atoms with Crippen molar-refractivity contribution in [2.45, 2.75) is 26.3 Å². The number of nitrogens with one attached hydrogen (secondary N) is 1. The van der Waals surface area contributed by atoms with Crippen molar-refractivity contribution in [2.24, 2.45) is 0 Å². The van der Waals surface area contributed by atoms with Gasteiger partial charge in [-0.15, -0.1) is 0 Å². The van der Waals surface area contributed by atoms with Gasteiger partial charge in [0.1, 0.15) is 12.0 Å². The van der Waals surface area contributed by atoms with Gasteiger partial charge in [-0.1, -0.05) is 35.0 Å². The summed E-state index contributed by atoms with van der Waals surface area (Å²) in [4.78, 5) is 29.3. The monoisotopic (exact) mass is 435 g/mol. The van der Waals surface area contributed by atoms with Gasteiger partial charge < -0.3 is 14.7 Å². The second kappa shape index (κ2) is 10.9. The van der Waals surface area contributed by atoms with Crippen molar-refractivity contribution in [1.29, 1.82) is 0 Å². The van der Waals surface area contributed by atoms with E-state index in [-0.39, 0.29) is 17.6 Å². The Bertz CT molecular complexity index is 991. The third-order valence-electron chi connectivity index (χ3n) is 5.58. The molecule has 1 aromatic carbocycles. The van der Waals surface area contributed by atoms with Crippen LogP contribution in [0.25, 0.3) is 11.5 Å². The fourth-order valence-electron chi connectivity index (χ4n) is 3.78. The molecule has 1 aliphatic heterocycles. The van der Waals surface area contributed by atoms with E-state index in [1.165, 1.54) is 17.5 Å². The lowest BCUT2D eigenvalue weighted by molar-refractivity contribution is 0.0908. The predicted octanol–water partition coefficient (Wildman–Crippen LogP) is 2.16. The summed E-state index contributed by atoms with van der Waals surface area (Å²) in [7, 11) is 0. The van der Waals surface area contributed by atoms with E-state index in [0.717, 1.165) is 52.1 Å². The molecular formula is C23H29N7O2. The first-order valence-corrected chi connectivity index (χ1v) is 11.1.